The van der Waals surface area contributed by atoms with E-state index in [0.717, 1.165) is 0 Å². The molecule has 1 aromatic heterocycles. The second-order valence-electron chi connectivity index (χ2n) is 7.58. The zero-order chi connectivity index (χ0) is 24.0. The number of anilines is 1. The predicted octanol–water partition coefficient (Wildman–Crippen LogP) is 3.95. The number of hydrogen-bond acceptors (Lipinski definition) is 6. The number of hydroxylamine groups is 1. The summed E-state index contributed by atoms with van der Waals surface area (Å²) < 4.78 is 43.3. The predicted molar refractivity (Wildman–Crippen MR) is 123 cm³/mol. The SMILES string of the molecule is O=C1NOCC1NC(=S)c1cnc(N2CCC(c3cc(Cl)c(Br)c(Cl)c3)(C(F)(F)F)C2)nc1. The molecule has 14 heteroatoms. The van der Waals surface area contributed by atoms with Crippen LogP contribution in [0.15, 0.2) is 29.0 Å². The number of carbonyl (C=O) groups excluding carboxylic acids is 1. The average Bonchev–Trinajstić information content (AvgIpc) is 3.39. The number of nitrogens with one attached hydrogen (secondary N) is 2. The molecule has 7 nitrogen and oxygen atoms in total. The normalized spacial score (nSPS) is 23.0. The van der Waals surface area contributed by atoms with Crippen LogP contribution in [0.4, 0.5) is 19.1 Å². The quantitative estimate of drug-likeness (QED) is 0.416. The molecule has 2 saturated heterocycles. The first-order valence-corrected chi connectivity index (χ1v) is 11.5. The number of alkyl halides is 3. The van der Waals surface area contributed by atoms with E-state index >= 15 is 0 Å². The summed E-state index contributed by atoms with van der Waals surface area (Å²) in [6.45, 7) is -0.214. The van der Waals surface area contributed by atoms with Crippen molar-refractivity contribution in [1.29, 1.82) is 0 Å². The lowest BCUT2D eigenvalue weighted by Gasteiger charge is -2.32. The molecule has 2 atom stereocenters. The molecule has 2 fully saturated rings. The van der Waals surface area contributed by atoms with E-state index in [1.807, 2.05) is 0 Å². The van der Waals surface area contributed by atoms with Crippen molar-refractivity contribution in [2.75, 3.05) is 24.6 Å². The van der Waals surface area contributed by atoms with Gasteiger partial charge in [-0.15, -0.1) is 0 Å². The van der Waals surface area contributed by atoms with Crippen molar-refractivity contribution < 1.29 is 22.8 Å². The fourth-order valence-electron chi connectivity index (χ4n) is 3.74. The lowest BCUT2D eigenvalue weighted by molar-refractivity contribution is -0.184. The zero-order valence-corrected chi connectivity index (χ0v) is 20.5. The van der Waals surface area contributed by atoms with Gasteiger partial charge in [0.15, 0.2) is 0 Å². The molecule has 2 unspecified atom stereocenters. The number of hydrogen-bond donors (Lipinski definition) is 2. The molecule has 4 rings (SSSR count). The van der Waals surface area contributed by atoms with Crippen molar-refractivity contribution >= 4 is 68.2 Å². The molecular formula is C19H15BrCl2F3N5O2S. The van der Waals surface area contributed by atoms with Crippen molar-refractivity contribution in [1.82, 2.24) is 20.8 Å². The van der Waals surface area contributed by atoms with Gasteiger partial charge in [-0.2, -0.15) is 13.2 Å². The van der Waals surface area contributed by atoms with Gasteiger partial charge in [0.1, 0.15) is 23.1 Å². The van der Waals surface area contributed by atoms with Gasteiger partial charge in [-0.25, -0.2) is 15.4 Å². The number of benzene rings is 1. The van der Waals surface area contributed by atoms with E-state index in [2.05, 4.69) is 36.7 Å². The first-order chi connectivity index (χ1) is 15.5. The molecule has 2 aromatic rings. The Morgan fingerprint density at radius 2 is 1.94 bits per heavy atom. The third kappa shape index (κ3) is 4.63. The number of thiocarbonyl (C=S) groups is 1. The smallest absolute Gasteiger partial charge is 0.362 e. The fourth-order valence-corrected chi connectivity index (χ4v) is 4.70. The van der Waals surface area contributed by atoms with E-state index in [1.165, 1.54) is 29.4 Å². The average molecular weight is 585 g/mol. The van der Waals surface area contributed by atoms with Crippen LogP contribution in [0, 0.1) is 0 Å². The summed E-state index contributed by atoms with van der Waals surface area (Å²) in [6, 6.07) is 1.92. The van der Waals surface area contributed by atoms with Crippen LogP contribution in [-0.2, 0) is 15.0 Å². The van der Waals surface area contributed by atoms with Gasteiger partial charge in [0.05, 0.1) is 14.5 Å². The third-order valence-electron chi connectivity index (χ3n) is 5.58. The lowest BCUT2D eigenvalue weighted by Crippen LogP contribution is -2.45. The fraction of sp³-hybridized carbons (Fsp3) is 0.368. The Bertz CT molecular complexity index is 1080. The van der Waals surface area contributed by atoms with Crippen LogP contribution in [0.3, 0.4) is 0 Å². The van der Waals surface area contributed by atoms with Crippen LogP contribution in [0.25, 0.3) is 0 Å². The number of amides is 1. The topological polar surface area (TPSA) is 79.4 Å². The number of carbonyl (C=O) groups is 1. The highest BCUT2D eigenvalue weighted by Gasteiger charge is 2.59. The molecule has 2 aliphatic rings. The Hall–Kier alpha value is -1.73. The molecule has 0 saturated carbocycles. The highest BCUT2D eigenvalue weighted by atomic mass is 79.9. The summed E-state index contributed by atoms with van der Waals surface area (Å²) in [6.07, 6.45) is -1.98. The summed E-state index contributed by atoms with van der Waals surface area (Å²) >= 11 is 20.6. The Morgan fingerprint density at radius 3 is 2.48 bits per heavy atom. The molecule has 33 heavy (non-hydrogen) atoms. The maximum absolute atomic E-state index is 14.3. The maximum atomic E-state index is 14.3. The van der Waals surface area contributed by atoms with Gasteiger partial charge >= 0.3 is 6.18 Å². The third-order valence-corrected chi connectivity index (χ3v) is 7.84. The summed E-state index contributed by atoms with van der Waals surface area (Å²) in [7, 11) is 0. The second-order valence-corrected chi connectivity index (χ2v) is 9.60. The van der Waals surface area contributed by atoms with E-state index in [9.17, 15) is 18.0 Å². The monoisotopic (exact) mass is 583 g/mol. The number of halogens is 6. The molecule has 3 heterocycles. The highest BCUT2D eigenvalue weighted by molar-refractivity contribution is 9.10. The lowest BCUT2D eigenvalue weighted by atomic mass is 9.79. The minimum atomic E-state index is -4.56. The Kier molecular flexibility index (Phi) is 6.76. The van der Waals surface area contributed by atoms with E-state index in [1.54, 1.807) is 0 Å². The molecule has 1 aromatic carbocycles. The Balaban J connectivity index is 1.55. The minimum absolute atomic E-state index is 0.0187. The van der Waals surface area contributed by atoms with Gasteiger partial charge in [0.25, 0.3) is 5.91 Å². The molecule has 2 N–H and O–H groups in total. The summed E-state index contributed by atoms with van der Waals surface area (Å²) in [5, 5.41) is 3.03. The van der Waals surface area contributed by atoms with Crippen molar-refractivity contribution in [3.05, 3.63) is 50.2 Å². The largest absolute Gasteiger partial charge is 0.400 e. The van der Waals surface area contributed by atoms with Crippen LogP contribution in [0.1, 0.15) is 17.5 Å². The van der Waals surface area contributed by atoms with Crippen LogP contribution in [0.5, 0.6) is 0 Å². The minimum Gasteiger partial charge on any atom is -0.362 e. The van der Waals surface area contributed by atoms with Crippen molar-refractivity contribution in [3.8, 4) is 0 Å². The standard InChI is InChI=1S/C19H15BrCl2F3N5O2S/c20-14-11(21)3-10(4-12(14)22)18(19(23,24)25)1-2-30(8-18)17-26-5-9(6-27-17)16(33)28-13-7-32-29-15(13)31/h3-6,13H,1-2,7-8H2,(H,28,33)(H,29,31). The van der Waals surface area contributed by atoms with Gasteiger partial charge in [-0.3, -0.25) is 9.63 Å². The number of aromatic nitrogens is 2. The van der Waals surface area contributed by atoms with Gasteiger partial charge < -0.3 is 10.2 Å². The van der Waals surface area contributed by atoms with Gasteiger partial charge in [0.2, 0.25) is 5.95 Å². The molecular weight excluding hydrogens is 570 g/mol. The van der Waals surface area contributed by atoms with Crippen molar-refractivity contribution in [3.63, 3.8) is 0 Å². The summed E-state index contributed by atoms with van der Waals surface area (Å²) in [4.78, 5) is 26.5. The van der Waals surface area contributed by atoms with Crippen molar-refractivity contribution in [2.24, 2.45) is 0 Å². The summed E-state index contributed by atoms with van der Waals surface area (Å²) in [5.74, 6) is -0.229. The molecule has 2 aliphatic heterocycles. The molecule has 1 amide bonds. The molecule has 0 radical (unpaired) electrons. The number of rotatable bonds is 4. The molecule has 176 valence electrons. The zero-order valence-electron chi connectivity index (χ0n) is 16.5. The number of nitrogens with zero attached hydrogens (tertiary/aromatic N) is 3. The van der Waals surface area contributed by atoms with Crippen molar-refractivity contribution in [2.45, 2.75) is 24.1 Å². The first-order valence-electron chi connectivity index (χ1n) is 9.53. The van der Waals surface area contributed by atoms with E-state index in [4.69, 9.17) is 40.3 Å². The second kappa shape index (κ2) is 9.14. The van der Waals surface area contributed by atoms with Gasteiger partial charge in [-0.1, -0.05) is 35.4 Å². The Labute approximate surface area is 210 Å². The molecule has 0 bridgehead atoms. The van der Waals surface area contributed by atoms with E-state index in [0.29, 0.717) is 10.0 Å². The van der Waals surface area contributed by atoms with Crippen LogP contribution in [0.2, 0.25) is 10.0 Å². The van der Waals surface area contributed by atoms with Crippen LogP contribution in [-0.4, -0.2) is 52.8 Å². The molecule has 0 spiro atoms. The molecule has 0 aliphatic carbocycles. The van der Waals surface area contributed by atoms with Crippen LogP contribution >= 0.6 is 51.3 Å². The highest BCUT2D eigenvalue weighted by Crippen LogP contribution is 2.50. The van der Waals surface area contributed by atoms with Gasteiger partial charge in [0, 0.05) is 31.0 Å². The summed E-state index contributed by atoms with van der Waals surface area (Å²) in [5.41, 5.74) is 0.420. The van der Waals surface area contributed by atoms with E-state index in [-0.39, 0.29) is 52.0 Å². The van der Waals surface area contributed by atoms with Crippen LogP contribution < -0.4 is 15.7 Å². The maximum Gasteiger partial charge on any atom is 0.400 e. The van der Waals surface area contributed by atoms with Gasteiger partial charge in [-0.05, 0) is 40.0 Å². The van der Waals surface area contributed by atoms with E-state index < -0.39 is 24.2 Å². The first kappa shape index (κ1) is 24.4. The Morgan fingerprint density at radius 1 is 1.30 bits per heavy atom.